The molecule has 0 fully saturated rings. The predicted octanol–water partition coefficient (Wildman–Crippen LogP) is 1.59. The quantitative estimate of drug-likeness (QED) is 0.206. The fourth-order valence-electron chi connectivity index (χ4n) is 1.09. The van der Waals surface area contributed by atoms with Crippen LogP contribution in [0.2, 0.25) is 0 Å². The lowest BCUT2D eigenvalue weighted by atomic mass is 10.2. The van der Waals surface area contributed by atoms with E-state index >= 15 is 0 Å². The van der Waals surface area contributed by atoms with Gasteiger partial charge >= 0.3 is 0 Å². The van der Waals surface area contributed by atoms with Crippen molar-refractivity contribution in [1.29, 1.82) is 0 Å². The number of hydrogen-bond acceptors (Lipinski definition) is 6. The molecular weight excluding hydrogens is 244 g/mol. The molecule has 0 spiro atoms. The number of nitrogens with two attached hydrogens (primary N) is 1. The summed E-state index contributed by atoms with van der Waals surface area (Å²) >= 11 is 1.41. The summed E-state index contributed by atoms with van der Waals surface area (Å²) in [5, 5.41) is 22.6. The van der Waals surface area contributed by atoms with Crippen molar-refractivity contribution >= 4 is 23.3 Å². The molecule has 0 aromatic carbocycles. The zero-order valence-electron chi connectivity index (χ0n) is 9.16. The van der Waals surface area contributed by atoms with Crippen molar-refractivity contribution in [3.63, 3.8) is 0 Å². The summed E-state index contributed by atoms with van der Waals surface area (Å²) in [4.78, 5) is 14.0. The Morgan fingerprint density at radius 2 is 2.47 bits per heavy atom. The van der Waals surface area contributed by atoms with E-state index in [0.29, 0.717) is 5.03 Å². The first-order valence-electron chi connectivity index (χ1n) is 4.85. The van der Waals surface area contributed by atoms with Crippen LogP contribution in [0.4, 0.5) is 5.69 Å². The fourth-order valence-corrected chi connectivity index (χ4v) is 1.94. The molecule has 0 radical (unpaired) electrons. The number of nitro groups is 1. The number of amidine groups is 1. The van der Waals surface area contributed by atoms with Gasteiger partial charge in [0.25, 0.3) is 5.69 Å². The molecule has 7 nitrogen and oxygen atoms in total. The number of rotatable bonds is 5. The van der Waals surface area contributed by atoms with Crippen molar-refractivity contribution in [1.82, 2.24) is 4.98 Å². The Bertz CT molecular complexity index is 450. The summed E-state index contributed by atoms with van der Waals surface area (Å²) in [6, 6.07) is 1.25. The average Bonchev–Trinajstić information content (AvgIpc) is 2.35. The van der Waals surface area contributed by atoms with E-state index in [-0.39, 0.29) is 17.1 Å². The molecule has 0 unspecified atom stereocenters. The second kappa shape index (κ2) is 6.04. The number of nitrogens with zero attached hydrogens (tertiary/aromatic N) is 3. The molecule has 1 rings (SSSR count). The van der Waals surface area contributed by atoms with Gasteiger partial charge in [-0.1, -0.05) is 12.1 Å². The second-order valence-electron chi connectivity index (χ2n) is 3.14. The Kier molecular flexibility index (Phi) is 4.70. The maximum atomic E-state index is 10.6. The Hall–Kier alpha value is -1.83. The number of hydrogen-bond donors (Lipinski definition) is 2. The van der Waals surface area contributed by atoms with Gasteiger partial charge in [-0.15, -0.1) is 11.8 Å². The highest BCUT2D eigenvalue weighted by Crippen LogP contribution is 2.24. The van der Waals surface area contributed by atoms with E-state index in [0.717, 1.165) is 18.4 Å². The van der Waals surface area contributed by atoms with E-state index < -0.39 is 4.92 Å². The molecule has 17 heavy (non-hydrogen) atoms. The van der Waals surface area contributed by atoms with E-state index in [2.05, 4.69) is 10.1 Å². The van der Waals surface area contributed by atoms with Gasteiger partial charge in [0.2, 0.25) is 0 Å². The summed E-state index contributed by atoms with van der Waals surface area (Å²) in [5.74, 6) is 0.621. The van der Waals surface area contributed by atoms with Gasteiger partial charge in [-0.25, -0.2) is 4.98 Å². The number of aromatic nitrogens is 1. The molecule has 8 heteroatoms. The minimum atomic E-state index is -0.574. The van der Waals surface area contributed by atoms with Crippen LogP contribution in [0.15, 0.2) is 22.4 Å². The van der Waals surface area contributed by atoms with Crippen molar-refractivity contribution in [3.8, 4) is 0 Å². The molecule has 92 valence electrons. The molecule has 0 bridgehead atoms. The van der Waals surface area contributed by atoms with Gasteiger partial charge in [-0.05, 0) is 12.2 Å². The van der Waals surface area contributed by atoms with Gasteiger partial charge < -0.3 is 10.9 Å². The largest absolute Gasteiger partial charge is 0.409 e. The molecule has 0 saturated heterocycles. The van der Waals surface area contributed by atoms with Crippen molar-refractivity contribution < 1.29 is 10.1 Å². The molecule has 0 atom stereocenters. The summed E-state index contributed by atoms with van der Waals surface area (Å²) in [5.41, 5.74) is 5.55. The van der Waals surface area contributed by atoms with E-state index in [9.17, 15) is 10.1 Å². The molecule has 3 N–H and O–H groups in total. The SMILES string of the molecule is CCCSc1ncc([N+](=O)[O-])cc1C(N)=NO. The Morgan fingerprint density at radius 1 is 1.76 bits per heavy atom. The molecule has 0 aliphatic rings. The highest BCUT2D eigenvalue weighted by molar-refractivity contribution is 7.99. The van der Waals surface area contributed by atoms with E-state index in [1.807, 2.05) is 6.92 Å². The van der Waals surface area contributed by atoms with E-state index in [4.69, 9.17) is 10.9 Å². The third-order valence-electron chi connectivity index (χ3n) is 1.87. The Morgan fingerprint density at radius 3 is 3.00 bits per heavy atom. The van der Waals surface area contributed by atoms with Crippen LogP contribution >= 0.6 is 11.8 Å². The predicted molar refractivity (Wildman–Crippen MR) is 64.4 cm³/mol. The van der Waals surface area contributed by atoms with Gasteiger partial charge in [0.1, 0.15) is 11.2 Å². The van der Waals surface area contributed by atoms with Gasteiger partial charge in [0.15, 0.2) is 5.84 Å². The highest BCUT2D eigenvalue weighted by Gasteiger charge is 2.15. The van der Waals surface area contributed by atoms with Gasteiger partial charge in [-0.3, -0.25) is 10.1 Å². The van der Waals surface area contributed by atoms with Crippen LogP contribution in [-0.4, -0.2) is 26.7 Å². The smallest absolute Gasteiger partial charge is 0.288 e. The Balaban J connectivity index is 3.17. The minimum absolute atomic E-state index is 0.181. The standard InChI is InChI=1S/C9H12N4O3S/c1-2-3-17-9-7(8(10)12-14)4-6(5-11-9)13(15)16/h4-5,14H,2-3H2,1H3,(H2,10,12). The normalized spacial score (nSPS) is 11.5. The van der Waals surface area contributed by atoms with Crippen LogP contribution in [0, 0.1) is 10.1 Å². The summed E-state index contributed by atoms with van der Waals surface area (Å²) in [6.45, 7) is 2.00. The molecule has 0 saturated carbocycles. The first kappa shape index (κ1) is 13.2. The van der Waals surface area contributed by atoms with Crippen molar-refractivity contribution in [3.05, 3.63) is 27.9 Å². The monoisotopic (exact) mass is 256 g/mol. The van der Waals surface area contributed by atoms with E-state index in [1.54, 1.807) is 0 Å². The maximum Gasteiger partial charge on any atom is 0.288 e. The van der Waals surface area contributed by atoms with Crippen LogP contribution < -0.4 is 5.73 Å². The lowest BCUT2D eigenvalue weighted by molar-refractivity contribution is -0.385. The van der Waals surface area contributed by atoms with Crippen molar-refractivity contribution in [2.24, 2.45) is 10.9 Å². The number of pyridine rings is 1. The van der Waals surface area contributed by atoms with Crippen LogP contribution in [-0.2, 0) is 0 Å². The summed E-state index contributed by atoms with van der Waals surface area (Å²) in [7, 11) is 0. The molecule has 1 aromatic rings. The zero-order valence-corrected chi connectivity index (χ0v) is 9.98. The summed E-state index contributed by atoms with van der Waals surface area (Å²) in [6.07, 6.45) is 2.09. The molecule has 1 aromatic heterocycles. The minimum Gasteiger partial charge on any atom is -0.409 e. The zero-order chi connectivity index (χ0) is 12.8. The molecule has 0 aliphatic carbocycles. The van der Waals surface area contributed by atoms with Gasteiger partial charge in [0, 0.05) is 6.07 Å². The van der Waals surface area contributed by atoms with E-state index in [1.165, 1.54) is 17.8 Å². The molecule has 0 aliphatic heterocycles. The highest BCUT2D eigenvalue weighted by atomic mass is 32.2. The third kappa shape index (κ3) is 3.31. The van der Waals surface area contributed by atoms with Crippen LogP contribution in [0.1, 0.15) is 18.9 Å². The fraction of sp³-hybridized carbons (Fsp3) is 0.333. The van der Waals surface area contributed by atoms with Crippen LogP contribution in [0.25, 0.3) is 0 Å². The average molecular weight is 256 g/mol. The van der Waals surface area contributed by atoms with Gasteiger partial charge in [-0.2, -0.15) is 0 Å². The van der Waals surface area contributed by atoms with Crippen molar-refractivity contribution in [2.75, 3.05) is 5.75 Å². The first-order valence-corrected chi connectivity index (χ1v) is 5.83. The van der Waals surface area contributed by atoms with Crippen molar-refractivity contribution in [2.45, 2.75) is 18.4 Å². The molecule has 1 heterocycles. The maximum absolute atomic E-state index is 10.6. The third-order valence-corrected chi connectivity index (χ3v) is 3.09. The number of oxime groups is 1. The van der Waals surface area contributed by atoms with Gasteiger partial charge in [0.05, 0.1) is 10.5 Å². The molecular formula is C9H12N4O3S. The Labute approximate surface area is 102 Å². The lowest BCUT2D eigenvalue weighted by Gasteiger charge is -2.05. The molecule has 0 amide bonds. The topological polar surface area (TPSA) is 115 Å². The lowest BCUT2D eigenvalue weighted by Crippen LogP contribution is -2.15. The second-order valence-corrected chi connectivity index (χ2v) is 4.22. The van der Waals surface area contributed by atoms with Crippen LogP contribution in [0.5, 0.6) is 0 Å². The first-order chi connectivity index (χ1) is 8.10. The number of thioether (sulfide) groups is 1. The summed E-state index contributed by atoms with van der Waals surface area (Å²) < 4.78 is 0. The van der Waals surface area contributed by atoms with Crippen LogP contribution in [0.3, 0.4) is 0 Å².